The smallest absolute Gasteiger partial charge is 0.255 e. The van der Waals surface area contributed by atoms with E-state index >= 15 is 0 Å². The first-order chi connectivity index (χ1) is 9.30. The van der Waals surface area contributed by atoms with E-state index < -0.39 is 0 Å². The first kappa shape index (κ1) is 20.3. The number of rotatable bonds is 6. The molecule has 0 aliphatic heterocycles. The predicted octanol–water partition coefficient (Wildman–Crippen LogP) is -1.24. The van der Waals surface area contributed by atoms with Crippen molar-refractivity contribution in [1.29, 1.82) is 0 Å². The van der Waals surface area contributed by atoms with Crippen LogP contribution in [0.15, 0.2) is 12.1 Å². The molecule has 0 radical (unpaired) electrons. The van der Waals surface area contributed by atoms with E-state index in [1.54, 1.807) is 6.07 Å². The fourth-order valence-corrected chi connectivity index (χ4v) is 1.80. The van der Waals surface area contributed by atoms with E-state index in [0.29, 0.717) is 28.6 Å². The summed E-state index contributed by atoms with van der Waals surface area (Å²) in [6.07, 6.45) is 0. The molecular formula is C14H23ClIN3O2. The average molecular weight is 428 g/mol. The van der Waals surface area contributed by atoms with Crippen molar-refractivity contribution in [2.75, 3.05) is 46.6 Å². The molecule has 3 N–H and O–H groups in total. The molecule has 0 saturated heterocycles. The highest BCUT2D eigenvalue weighted by Crippen LogP contribution is 2.28. The summed E-state index contributed by atoms with van der Waals surface area (Å²) in [6.45, 7) is 4.57. The van der Waals surface area contributed by atoms with Gasteiger partial charge in [-0.05, 0) is 13.0 Å². The lowest BCUT2D eigenvalue weighted by Crippen LogP contribution is -3.00. The number of methoxy groups -OCH3 is 1. The van der Waals surface area contributed by atoms with Gasteiger partial charge in [0.1, 0.15) is 5.75 Å². The number of benzene rings is 1. The summed E-state index contributed by atoms with van der Waals surface area (Å²) in [7, 11) is 5.73. The molecule has 120 valence electrons. The van der Waals surface area contributed by atoms with Gasteiger partial charge in [-0.25, -0.2) is 0 Å². The number of carbonyl (C=O) groups is 1. The van der Waals surface area contributed by atoms with Crippen LogP contribution in [-0.2, 0) is 0 Å². The number of nitrogens with zero attached hydrogens (tertiary/aromatic N) is 1. The molecule has 1 amide bonds. The highest BCUT2D eigenvalue weighted by atomic mass is 127. The molecule has 5 nitrogen and oxygen atoms in total. The molecule has 21 heavy (non-hydrogen) atoms. The van der Waals surface area contributed by atoms with Crippen molar-refractivity contribution in [1.82, 2.24) is 5.32 Å². The Bertz CT molecular complexity index is 495. The molecule has 0 bridgehead atoms. The van der Waals surface area contributed by atoms with Gasteiger partial charge in [0.05, 0.1) is 57.1 Å². The van der Waals surface area contributed by atoms with Crippen LogP contribution in [0.2, 0.25) is 5.02 Å². The van der Waals surface area contributed by atoms with Gasteiger partial charge >= 0.3 is 0 Å². The fourth-order valence-electron chi connectivity index (χ4n) is 1.64. The van der Waals surface area contributed by atoms with Crippen molar-refractivity contribution < 1.29 is 38.0 Å². The normalized spacial score (nSPS) is 10.7. The van der Waals surface area contributed by atoms with Crippen LogP contribution in [0.25, 0.3) is 0 Å². The van der Waals surface area contributed by atoms with Gasteiger partial charge in [0.15, 0.2) is 0 Å². The van der Waals surface area contributed by atoms with Gasteiger partial charge in [0.2, 0.25) is 0 Å². The first-order valence-electron chi connectivity index (χ1n) is 6.54. The molecule has 0 fully saturated rings. The van der Waals surface area contributed by atoms with E-state index in [1.165, 1.54) is 13.2 Å². The highest BCUT2D eigenvalue weighted by molar-refractivity contribution is 6.33. The maximum Gasteiger partial charge on any atom is 0.255 e. The summed E-state index contributed by atoms with van der Waals surface area (Å²) in [5.74, 6) is 0.216. The number of quaternary nitrogens is 1. The van der Waals surface area contributed by atoms with Crippen molar-refractivity contribution in [2.24, 2.45) is 0 Å². The third-order valence-corrected chi connectivity index (χ3v) is 3.75. The van der Waals surface area contributed by atoms with E-state index in [9.17, 15) is 4.79 Å². The Kier molecular flexibility index (Phi) is 8.35. The summed E-state index contributed by atoms with van der Waals surface area (Å²) in [5, 5.41) is 3.22. The molecule has 0 saturated carbocycles. The minimum Gasteiger partial charge on any atom is -1.00 e. The largest absolute Gasteiger partial charge is 1.00 e. The van der Waals surface area contributed by atoms with Gasteiger partial charge in [-0.15, -0.1) is 0 Å². The van der Waals surface area contributed by atoms with Gasteiger partial charge in [-0.2, -0.15) is 0 Å². The van der Waals surface area contributed by atoms with Crippen LogP contribution in [0.4, 0.5) is 5.69 Å². The van der Waals surface area contributed by atoms with Crippen LogP contribution >= 0.6 is 11.6 Å². The van der Waals surface area contributed by atoms with Gasteiger partial charge in [0, 0.05) is 6.07 Å². The molecule has 7 heteroatoms. The lowest BCUT2D eigenvalue weighted by molar-refractivity contribution is -0.887. The Morgan fingerprint density at radius 2 is 2.05 bits per heavy atom. The molecule has 0 atom stereocenters. The van der Waals surface area contributed by atoms with E-state index in [0.717, 1.165) is 17.6 Å². The third-order valence-electron chi connectivity index (χ3n) is 3.42. The zero-order valence-electron chi connectivity index (χ0n) is 12.9. The van der Waals surface area contributed by atoms with Crippen molar-refractivity contribution in [3.05, 3.63) is 22.7 Å². The van der Waals surface area contributed by atoms with Crippen LogP contribution in [0.5, 0.6) is 5.75 Å². The van der Waals surface area contributed by atoms with Crippen molar-refractivity contribution >= 4 is 23.2 Å². The minimum atomic E-state index is -0.208. The molecule has 0 unspecified atom stereocenters. The zero-order chi connectivity index (χ0) is 15.3. The van der Waals surface area contributed by atoms with Crippen molar-refractivity contribution in [3.63, 3.8) is 0 Å². The number of carbonyl (C=O) groups excluding carboxylic acids is 1. The second kappa shape index (κ2) is 8.65. The summed E-state index contributed by atoms with van der Waals surface area (Å²) in [5.41, 5.74) is 6.48. The maximum absolute atomic E-state index is 12.2. The standard InChI is InChI=1S/C14H22ClN3O2.HI/c1-5-18(2,3)7-6-17-14(19)10-8-11(15)12(16)9-13(10)20-4;/h8-9H,5-7H2,1-4H3,(H2-,16,17,19);1H. The number of nitrogens with one attached hydrogen (secondary N) is 1. The number of hydrogen-bond acceptors (Lipinski definition) is 3. The Morgan fingerprint density at radius 1 is 1.43 bits per heavy atom. The minimum absolute atomic E-state index is 0. The second-order valence-electron chi connectivity index (χ2n) is 5.31. The monoisotopic (exact) mass is 427 g/mol. The molecule has 0 heterocycles. The summed E-state index contributed by atoms with van der Waals surface area (Å²) < 4.78 is 6.01. The highest BCUT2D eigenvalue weighted by Gasteiger charge is 2.16. The van der Waals surface area contributed by atoms with Crippen LogP contribution < -0.4 is 39.8 Å². The SMILES string of the molecule is CC[N+](C)(C)CCNC(=O)c1cc(Cl)c(N)cc1OC.[I-]. The number of hydrogen-bond donors (Lipinski definition) is 2. The van der Waals surface area contributed by atoms with E-state index in [4.69, 9.17) is 22.1 Å². The first-order valence-corrected chi connectivity index (χ1v) is 6.91. The summed E-state index contributed by atoms with van der Waals surface area (Å²) in [4.78, 5) is 12.2. The maximum atomic E-state index is 12.2. The number of amides is 1. The van der Waals surface area contributed by atoms with Crippen LogP contribution in [0.1, 0.15) is 17.3 Å². The Hall–Kier alpha value is -0.730. The molecule has 0 aliphatic rings. The molecule has 0 aromatic heterocycles. The van der Waals surface area contributed by atoms with Gasteiger partial charge in [-0.1, -0.05) is 11.6 Å². The Morgan fingerprint density at radius 3 is 2.57 bits per heavy atom. The number of likely N-dealkylation sites (N-methyl/N-ethyl adjacent to an activating group) is 1. The average Bonchev–Trinajstić information content (AvgIpc) is 2.41. The van der Waals surface area contributed by atoms with Crippen molar-refractivity contribution in [2.45, 2.75) is 6.92 Å². The third kappa shape index (κ3) is 5.88. The number of anilines is 1. The lowest BCUT2D eigenvalue weighted by atomic mass is 10.1. The number of nitrogens with two attached hydrogens (primary N) is 1. The van der Waals surface area contributed by atoms with E-state index in [1.807, 2.05) is 0 Å². The summed E-state index contributed by atoms with van der Waals surface area (Å²) in [6, 6.07) is 3.09. The molecule has 0 spiro atoms. The lowest BCUT2D eigenvalue weighted by Gasteiger charge is -2.28. The quantitative estimate of drug-likeness (QED) is 0.339. The van der Waals surface area contributed by atoms with E-state index in [-0.39, 0.29) is 29.9 Å². The molecular weight excluding hydrogens is 405 g/mol. The van der Waals surface area contributed by atoms with Crippen molar-refractivity contribution in [3.8, 4) is 5.75 Å². The number of nitrogen functional groups attached to an aromatic ring is 1. The van der Waals surface area contributed by atoms with Gasteiger partial charge in [-0.3, -0.25) is 4.79 Å². The predicted molar refractivity (Wildman–Crippen MR) is 82.3 cm³/mol. The molecule has 1 rings (SSSR count). The second-order valence-corrected chi connectivity index (χ2v) is 5.71. The molecule has 0 aliphatic carbocycles. The molecule has 1 aromatic rings. The fraction of sp³-hybridized carbons (Fsp3) is 0.500. The van der Waals surface area contributed by atoms with Gasteiger partial charge in [0.25, 0.3) is 5.91 Å². The number of ether oxygens (including phenoxy) is 1. The van der Waals surface area contributed by atoms with Crippen LogP contribution in [0, 0.1) is 0 Å². The summed E-state index contributed by atoms with van der Waals surface area (Å²) >= 11 is 5.95. The van der Waals surface area contributed by atoms with Crippen LogP contribution in [-0.4, -0.2) is 51.2 Å². The van der Waals surface area contributed by atoms with Crippen LogP contribution in [0.3, 0.4) is 0 Å². The zero-order valence-corrected chi connectivity index (χ0v) is 15.8. The van der Waals surface area contributed by atoms with E-state index in [2.05, 4.69) is 26.3 Å². The number of halogens is 2. The van der Waals surface area contributed by atoms with Gasteiger partial charge < -0.3 is 44.2 Å². The Balaban J connectivity index is 0.00000400. The molecule has 1 aromatic carbocycles. The topological polar surface area (TPSA) is 64.4 Å². The Labute approximate surface area is 148 Å².